The molecule has 0 unspecified atom stereocenters. The minimum Gasteiger partial charge on any atom is -0.366 e. The highest BCUT2D eigenvalue weighted by atomic mass is 32.2. The highest BCUT2D eigenvalue weighted by Crippen LogP contribution is 2.26. The van der Waals surface area contributed by atoms with Crippen LogP contribution >= 0.6 is 0 Å². The smallest absolute Gasteiger partial charge is 0.248 e. The molecule has 0 spiro atoms. The molecule has 2 aliphatic heterocycles. The molecule has 1 atom stereocenters. The first-order valence-corrected chi connectivity index (χ1v) is 8.56. The fourth-order valence-electron chi connectivity index (χ4n) is 3.14. The normalized spacial score (nSPS) is 23.9. The molecule has 114 valence electrons. The van der Waals surface area contributed by atoms with Gasteiger partial charge in [-0.1, -0.05) is 6.07 Å². The van der Waals surface area contributed by atoms with Crippen molar-refractivity contribution in [3.8, 4) is 0 Å². The van der Waals surface area contributed by atoms with E-state index in [0.717, 1.165) is 25.9 Å². The third-order valence-corrected chi connectivity index (χ3v) is 6.17. The van der Waals surface area contributed by atoms with E-state index in [1.54, 1.807) is 6.07 Å². The van der Waals surface area contributed by atoms with Crippen LogP contribution in [0.1, 0.15) is 23.2 Å². The van der Waals surface area contributed by atoms with Gasteiger partial charge >= 0.3 is 0 Å². The van der Waals surface area contributed by atoms with Crippen molar-refractivity contribution in [2.75, 3.05) is 26.2 Å². The number of piperazine rings is 1. The van der Waals surface area contributed by atoms with Crippen LogP contribution in [0.3, 0.4) is 0 Å². The number of carbonyl (C=O) groups is 1. The number of amides is 1. The molecule has 1 aromatic rings. The molecular weight excluding hydrogens is 290 g/mol. The number of primary amides is 1. The van der Waals surface area contributed by atoms with E-state index < -0.39 is 15.9 Å². The van der Waals surface area contributed by atoms with Gasteiger partial charge in [0.25, 0.3) is 0 Å². The standard InChI is InChI=1S/C14H19N3O3S/c15-14(18)11-3-1-5-13(9-11)21(19,20)17-8-7-16-6-2-4-12(16)10-17/h1,3,5,9,12H,2,4,6-8,10H2,(H2,15,18)/t12-/m0/s1. The van der Waals surface area contributed by atoms with Crippen molar-refractivity contribution in [2.45, 2.75) is 23.8 Å². The molecule has 0 radical (unpaired) electrons. The zero-order chi connectivity index (χ0) is 15.0. The lowest BCUT2D eigenvalue weighted by molar-refractivity contribution is 0.1000. The van der Waals surface area contributed by atoms with E-state index in [4.69, 9.17) is 5.73 Å². The molecule has 0 bridgehead atoms. The van der Waals surface area contributed by atoms with Crippen LogP contribution in [0.25, 0.3) is 0 Å². The van der Waals surface area contributed by atoms with Gasteiger partial charge in [-0.25, -0.2) is 8.42 Å². The molecule has 2 heterocycles. The number of nitrogens with two attached hydrogens (primary N) is 1. The third kappa shape index (κ3) is 2.68. The molecule has 2 N–H and O–H groups in total. The van der Waals surface area contributed by atoms with Gasteiger partial charge in [-0.15, -0.1) is 0 Å². The zero-order valence-electron chi connectivity index (χ0n) is 11.7. The summed E-state index contributed by atoms with van der Waals surface area (Å²) in [6, 6.07) is 6.28. The predicted octanol–water partition coefficient (Wildman–Crippen LogP) is 0.254. The van der Waals surface area contributed by atoms with Crippen LogP contribution in [0, 0.1) is 0 Å². The average molecular weight is 309 g/mol. The van der Waals surface area contributed by atoms with Gasteiger partial charge in [-0.05, 0) is 37.6 Å². The summed E-state index contributed by atoms with van der Waals surface area (Å²) in [5.41, 5.74) is 5.44. The number of rotatable bonds is 3. The number of hydrogen-bond acceptors (Lipinski definition) is 4. The quantitative estimate of drug-likeness (QED) is 0.868. The molecule has 0 aliphatic carbocycles. The summed E-state index contributed by atoms with van der Waals surface area (Å²) >= 11 is 0. The number of fused-ring (bicyclic) bond motifs is 1. The summed E-state index contributed by atoms with van der Waals surface area (Å²) in [5, 5.41) is 0. The van der Waals surface area contributed by atoms with Gasteiger partial charge in [0.05, 0.1) is 4.90 Å². The van der Waals surface area contributed by atoms with E-state index in [-0.39, 0.29) is 10.5 Å². The van der Waals surface area contributed by atoms with Crippen molar-refractivity contribution in [2.24, 2.45) is 5.73 Å². The molecule has 3 rings (SSSR count). The van der Waals surface area contributed by atoms with Crippen LogP contribution in [0.2, 0.25) is 0 Å². The van der Waals surface area contributed by atoms with Gasteiger partial charge in [0.1, 0.15) is 0 Å². The Morgan fingerprint density at radius 2 is 2.05 bits per heavy atom. The highest BCUT2D eigenvalue weighted by molar-refractivity contribution is 7.89. The van der Waals surface area contributed by atoms with E-state index in [9.17, 15) is 13.2 Å². The van der Waals surface area contributed by atoms with Crippen molar-refractivity contribution in [1.29, 1.82) is 0 Å². The van der Waals surface area contributed by atoms with Gasteiger partial charge in [-0.3, -0.25) is 9.69 Å². The molecule has 21 heavy (non-hydrogen) atoms. The summed E-state index contributed by atoms with van der Waals surface area (Å²) < 4.78 is 26.9. The van der Waals surface area contributed by atoms with Crippen LogP contribution in [0.5, 0.6) is 0 Å². The Morgan fingerprint density at radius 3 is 2.81 bits per heavy atom. The monoisotopic (exact) mass is 309 g/mol. The van der Waals surface area contributed by atoms with Crippen LogP contribution in [0.4, 0.5) is 0 Å². The summed E-state index contributed by atoms with van der Waals surface area (Å²) in [6.45, 7) is 2.87. The molecule has 0 saturated carbocycles. The van der Waals surface area contributed by atoms with E-state index in [0.29, 0.717) is 19.1 Å². The van der Waals surface area contributed by atoms with Gasteiger partial charge in [0.15, 0.2) is 0 Å². The van der Waals surface area contributed by atoms with Crippen LogP contribution in [-0.2, 0) is 10.0 Å². The molecule has 0 aromatic heterocycles. The van der Waals surface area contributed by atoms with E-state index in [1.165, 1.54) is 22.5 Å². The summed E-state index contributed by atoms with van der Waals surface area (Å²) in [4.78, 5) is 13.7. The number of benzene rings is 1. The summed E-state index contributed by atoms with van der Waals surface area (Å²) in [5.74, 6) is -0.618. The maximum atomic E-state index is 12.7. The molecule has 1 aromatic carbocycles. The number of nitrogens with zero attached hydrogens (tertiary/aromatic N) is 2. The number of sulfonamides is 1. The maximum Gasteiger partial charge on any atom is 0.248 e. The Labute approximate surface area is 124 Å². The Balaban J connectivity index is 1.86. The predicted molar refractivity (Wildman–Crippen MR) is 78.3 cm³/mol. The van der Waals surface area contributed by atoms with Crippen molar-refractivity contribution in [3.63, 3.8) is 0 Å². The fourth-order valence-corrected chi connectivity index (χ4v) is 4.65. The van der Waals surface area contributed by atoms with Gasteiger partial charge in [0.2, 0.25) is 15.9 Å². The molecule has 7 heteroatoms. The second-order valence-electron chi connectivity index (χ2n) is 5.59. The fraction of sp³-hybridized carbons (Fsp3) is 0.500. The molecular formula is C14H19N3O3S. The zero-order valence-corrected chi connectivity index (χ0v) is 12.6. The second kappa shape index (κ2) is 5.40. The lowest BCUT2D eigenvalue weighted by Gasteiger charge is -2.36. The van der Waals surface area contributed by atoms with Crippen molar-refractivity contribution < 1.29 is 13.2 Å². The van der Waals surface area contributed by atoms with E-state index in [1.807, 2.05) is 0 Å². The minimum absolute atomic E-state index is 0.144. The summed E-state index contributed by atoms with van der Waals surface area (Å²) in [6.07, 6.45) is 2.18. The Morgan fingerprint density at radius 1 is 1.24 bits per heavy atom. The van der Waals surface area contributed by atoms with Gasteiger partial charge in [0, 0.05) is 31.2 Å². The SMILES string of the molecule is NC(=O)c1cccc(S(=O)(=O)N2CCN3CCC[C@H]3C2)c1. The Kier molecular flexibility index (Phi) is 3.73. The molecule has 6 nitrogen and oxygen atoms in total. The van der Waals surface area contributed by atoms with Crippen LogP contribution in [0.15, 0.2) is 29.2 Å². The first-order chi connectivity index (χ1) is 9.98. The van der Waals surface area contributed by atoms with E-state index >= 15 is 0 Å². The Hall–Kier alpha value is -1.44. The van der Waals surface area contributed by atoms with Gasteiger partial charge in [-0.2, -0.15) is 4.31 Å². The molecule has 2 fully saturated rings. The van der Waals surface area contributed by atoms with Gasteiger partial charge < -0.3 is 5.73 Å². The lowest BCUT2D eigenvalue weighted by atomic mass is 10.2. The molecule has 2 saturated heterocycles. The second-order valence-corrected chi connectivity index (χ2v) is 7.53. The van der Waals surface area contributed by atoms with Crippen LogP contribution in [-0.4, -0.2) is 55.8 Å². The number of hydrogen-bond donors (Lipinski definition) is 1. The topological polar surface area (TPSA) is 83.7 Å². The third-order valence-electron chi connectivity index (χ3n) is 4.31. The summed E-state index contributed by atoms with van der Waals surface area (Å²) in [7, 11) is -3.56. The van der Waals surface area contributed by atoms with Crippen molar-refractivity contribution in [1.82, 2.24) is 9.21 Å². The first kappa shape index (κ1) is 14.5. The average Bonchev–Trinajstić information content (AvgIpc) is 2.94. The lowest BCUT2D eigenvalue weighted by Crippen LogP contribution is -2.51. The largest absolute Gasteiger partial charge is 0.366 e. The highest BCUT2D eigenvalue weighted by Gasteiger charge is 2.36. The first-order valence-electron chi connectivity index (χ1n) is 7.12. The maximum absolute atomic E-state index is 12.7. The Bertz CT molecular complexity index is 659. The van der Waals surface area contributed by atoms with E-state index in [2.05, 4.69) is 4.90 Å². The minimum atomic E-state index is -3.56. The number of carbonyl (C=O) groups excluding carboxylic acids is 1. The molecule has 1 amide bonds. The van der Waals surface area contributed by atoms with Crippen molar-refractivity contribution in [3.05, 3.63) is 29.8 Å². The van der Waals surface area contributed by atoms with Crippen molar-refractivity contribution >= 4 is 15.9 Å². The molecule has 2 aliphatic rings. The van der Waals surface area contributed by atoms with Crippen LogP contribution < -0.4 is 5.73 Å².